The van der Waals surface area contributed by atoms with Gasteiger partial charge in [0.2, 0.25) is 0 Å². The van der Waals surface area contributed by atoms with Crippen molar-refractivity contribution in [2.24, 2.45) is 5.92 Å². The molecule has 0 bridgehead atoms. The SMILES string of the molecule is CCC1CC1Nc1ccc(OC)cc1N. The number of nitrogens with one attached hydrogen (secondary N) is 1. The first-order chi connectivity index (χ1) is 7.24. The van der Waals surface area contributed by atoms with Crippen molar-refractivity contribution in [3.8, 4) is 5.75 Å². The molecule has 0 amide bonds. The molecule has 1 aliphatic carbocycles. The zero-order valence-electron chi connectivity index (χ0n) is 9.29. The van der Waals surface area contributed by atoms with E-state index in [1.165, 1.54) is 12.8 Å². The monoisotopic (exact) mass is 206 g/mol. The highest BCUT2D eigenvalue weighted by Gasteiger charge is 2.35. The summed E-state index contributed by atoms with van der Waals surface area (Å²) >= 11 is 0. The lowest BCUT2D eigenvalue weighted by Gasteiger charge is -2.10. The Bertz CT molecular complexity index is 351. The molecule has 0 saturated heterocycles. The van der Waals surface area contributed by atoms with E-state index in [0.29, 0.717) is 6.04 Å². The van der Waals surface area contributed by atoms with Crippen LogP contribution in [0.1, 0.15) is 19.8 Å². The summed E-state index contributed by atoms with van der Waals surface area (Å²) in [5, 5.41) is 3.46. The van der Waals surface area contributed by atoms with Crippen LogP contribution in [0.3, 0.4) is 0 Å². The normalized spacial score (nSPS) is 23.6. The molecule has 0 spiro atoms. The fourth-order valence-electron chi connectivity index (χ4n) is 1.87. The molecule has 1 saturated carbocycles. The van der Waals surface area contributed by atoms with Crippen LogP contribution in [0, 0.1) is 5.92 Å². The molecule has 2 atom stereocenters. The summed E-state index contributed by atoms with van der Waals surface area (Å²) in [4.78, 5) is 0. The Morgan fingerprint density at radius 3 is 2.87 bits per heavy atom. The summed E-state index contributed by atoms with van der Waals surface area (Å²) in [7, 11) is 1.65. The standard InChI is InChI=1S/C12H18N2O/c1-3-8-6-12(8)14-11-5-4-9(15-2)7-10(11)13/h4-5,7-8,12,14H,3,6,13H2,1-2H3. The predicted octanol–water partition coefficient (Wildman–Crippen LogP) is 2.49. The lowest BCUT2D eigenvalue weighted by molar-refractivity contribution is 0.415. The minimum atomic E-state index is 0.616. The molecule has 1 fully saturated rings. The molecular formula is C12H18N2O. The molecule has 2 rings (SSSR count). The van der Waals surface area contributed by atoms with Gasteiger partial charge in [-0.05, 0) is 24.5 Å². The van der Waals surface area contributed by atoms with Crippen LogP contribution in [0.2, 0.25) is 0 Å². The first-order valence-corrected chi connectivity index (χ1v) is 5.44. The van der Waals surface area contributed by atoms with Gasteiger partial charge in [0.15, 0.2) is 0 Å². The van der Waals surface area contributed by atoms with Crippen LogP contribution in [-0.2, 0) is 0 Å². The smallest absolute Gasteiger partial charge is 0.121 e. The zero-order valence-corrected chi connectivity index (χ0v) is 9.29. The maximum atomic E-state index is 5.92. The van der Waals surface area contributed by atoms with E-state index in [2.05, 4.69) is 12.2 Å². The molecule has 3 nitrogen and oxygen atoms in total. The number of methoxy groups -OCH3 is 1. The van der Waals surface area contributed by atoms with Gasteiger partial charge in [-0.2, -0.15) is 0 Å². The lowest BCUT2D eigenvalue weighted by Crippen LogP contribution is -2.06. The van der Waals surface area contributed by atoms with Gasteiger partial charge in [-0.25, -0.2) is 0 Å². The Morgan fingerprint density at radius 2 is 2.33 bits per heavy atom. The van der Waals surface area contributed by atoms with Gasteiger partial charge in [-0.15, -0.1) is 0 Å². The number of hydrogen-bond donors (Lipinski definition) is 2. The van der Waals surface area contributed by atoms with Crippen LogP contribution < -0.4 is 15.8 Å². The fourth-order valence-corrected chi connectivity index (χ4v) is 1.87. The maximum absolute atomic E-state index is 5.92. The van der Waals surface area contributed by atoms with E-state index in [9.17, 15) is 0 Å². The highest BCUT2D eigenvalue weighted by Crippen LogP contribution is 2.37. The van der Waals surface area contributed by atoms with Crippen LogP contribution >= 0.6 is 0 Å². The van der Waals surface area contributed by atoms with E-state index in [0.717, 1.165) is 23.0 Å². The molecule has 0 aliphatic heterocycles. The van der Waals surface area contributed by atoms with E-state index in [-0.39, 0.29) is 0 Å². The summed E-state index contributed by atoms with van der Waals surface area (Å²) in [6.45, 7) is 2.23. The second kappa shape index (κ2) is 4.01. The van der Waals surface area contributed by atoms with Crippen LogP contribution in [0.25, 0.3) is 0 Å². The van der Waals surface area contributed by atoms with Crippen molar-refractivity contribution in [2.75, 3.05) is 18.2 Å². The molecule has 0 heterocycles. The molecule has 1 aromatic carbocycles. The second-order valence-corrected chi connectivity index (χ2v) is 4.11. The number of nitrogens with two attached hydrogens (primary N) is 1. The minimum Gasteiger partial charge on any atom is -0.497 e. The van der Waals surface area contributed by atoms with Gasteiger partial charge in [0.1, 0.15) is 5.75 Å². The minimum absolute atomic E-state index is 0.616. The summed E-state index contributed by atoms with van der Waals surface area (Å²) in [6, 6.07) is 6.39. The lowest BCUT2D eigenvalue weighted by atomic mass is 10.2. The Morgan fingerprint density at radius 1 is 1.53 bits per heavy atom. The molecule has 82 valence electrons. The zero-order chi connectivity index (χ0) is 10.8. The largest absolute Gasteiger partial charge is 0.497 e. The van der Waals surface area contributed by atoms with Gasteiger partial charge in [0, 0.05) is 12.1 Å². The molecule has 1 aliphatic rings. The van der Waals surface area contributed by atoms with Crippen LogP contribution in [-0.4, -0.2) is 13.2 Å². The van der Waals surface area contributed by atoms with Gasteiger partial charge in [0.05, 0.1) is 18.5 Å². The van der Waals surface area contributed by atoms with Gasteiger partial charge in [-0.1, -0.05) is 13.3 Å². The molecule has 1 aromatic rings. The summed E-state index contributed by atoms with van der Waals surface area (Å²) in [5.41, 5.74) is 7.70. The molecule has 3 heteroatoms. The van der Waals surface area contributed by atoms with Crippen molar-refractivity contribution in [3.05, 3.63) is 18.2 Å². The number of anilines is 2. The van der Waals surface area contributed by atoms with Crippen molar-refractivity contribution in [1.82, 2.24) is 0 Å². The molecule has 3 N–H and O–H groups in total. The van der Waals surface area contributed by atoms with Crippen LogP contribution in [0.15, 0.2) is 18.2 Å². The molecule has 0 radical (unpaired) electrons. The summed E-state index contributed by atoms with van der Waals surface area (Å²) < 4.78 is 5.11. The molecule has 0 aromatic heterocycles. The van der Waals surface area contributed by atoms with E-state index >= 15 is 0 Å². The van der Waals surface area contributed by atoms with Crippen molar-refractivity contribution in [3.63, 3.8) is 0 Å². The highest BCUT2D eigenvalue weighted by atomic mass is 16.5. The fraction of sp³-hybridized carbons (Fsp3) is 0.500. The molecular weight excluding hydrogens is 188 g/mol. The van der Waals surface area contributed by atoms with Gasteiger partial charge < -0.3 is 15.8 Å². The van der Waals surface area contributed by atoms with Gasteiger partial charge in [0.25, 0.3) is 0 Å². The number of hydrogen-bond acceptors (Lipinski definition) is 3. The predicted molar refractivity (Wildman–Crippen MR) is 63.2 cm³/mol. The number of nitrogen functional groups attached to an aromatic ring is 1. The topological polar surface area (TPSA) is 47.3 Å². The van der Waals surface area contributed by atoms with Gasteiger partial charge in [-0.3, -0.25) is 0 Å². The molecule has 15 heavy (non-hydrogen) atoms. The van der Waals surface area contributed by atoms with Crippen molar-refractivity contribution >= 4 is 11.4 Å². The average molecular weight is 206 g/mol. The van der Waals surface area contributed by atoms with E-state index in [1.54, 1.807) is 7.11 Å². The Kier molecular flexibility index (Phi) is 2.71. The van der Waals surface area contributed by atoms with Gasteiger partial charge >= 0.3 is 0 Å². The maximum Gasteiger partial charge on any atom is 0.121 e. The number of rotatable bonds is 4. The third kappa shape index (κ3) is 2.17. The van der Waals surface area contributed by atoms with E-state index in [4.69, 9.17) is 10.5 Å². The number of benzene rings is 1. The Balaban J connectivity index is 2.03. The quantitative estimate of drug-likeness (QED) is 0.744. The number of ether oxygens (including phenoxy) is 1. The summed E-state index contributed by atoms with van der Waals surface area (Å²) in [5.74, 6) is 1.63. The first-order valence-electron chi connectivity index (χ1n) is 5.44. The first kappa shape index (κ1) is 10.1. The van der Waals surface area contributed by atoms with E-state index in [1.807, 2.05) is 18.2 Å². The highest BCUT2D eigenvalue weighted by molar-refractivity contribution is 5.68. The van der Waals surface area contributed by atoms with Crippen LogP contribution in [0.4, 0.5) is 11.4 Å². The second-order valence-electron chi connectivity index (χ2n) is 4.11. The van der Waals surface area contributed by atoms with Crippen molar-refractivity contribution in [1.29, 1.82) is 0 Å². The van der Waals surface area contributed by atoms with Crippen molar-refractivity contribution in [2.45, 2.75) is 25.8 Å². The third-order valence-electron chi connectivity index (χ3n) is 3.05. The Hall–Kier alpha value is -1.38. The summed E-state index contributed by atoms with van der Waals surface area (Å²) in [6.07, 6.45) is 2.51. The third-order valence-corrected chi connectivity index (χ3v) is 3.05. The molecule has 2 unspecified atom stereocenters. The van der Waals surface area contributed by atoms with Crippen LogP contribution in [0.5, 0.6) is 5.75 Å². The average Bonchev–Trinajstić information content (AvgIpc) is 2.99. The van der Waals surface area contributed by atoms with Crippen molar-refractivity contribution < 1.29 is 4.74 Å². The Labute approximate surface area is 90.6 Å². The van der Waals surface area contributed by atoms with E-state index < -0.39 is 0 Å².